The highest BCUT2D eigenvalue weighted by Crippen LogP contribution is 2.24. The zero-order valence-electron chi connectivity index (χ0n) is 11.6. The summed E-state index contributed by atoms with van der Waals surface area (Å²) in [5, 5.41) is 3.62. The predicted octanol–water partition coefficient (Wildman–Crippen LogP) is 4.40. The van der Waals surface area contributed by atoms with Crippen LogP contribution in [0.5, 0.6) is 0 Å². The van der Waals surface area contributed by atoms with Crippen LogP contribution in [0.3, 0.4) is 0 Å². The molecule has 1 aromatic heterocycles. The number of nitrogens with one attached hydrogen (secondary N) is 1. The highest BCUT2D eigenvalue weighted by Gasteiger charge is 2.18. The Morgan fingerprint density at radius 3 is 2.76 bits per heavy atom. The van der Waals surface area contributed by atoms with Crippen molar-refractivity contribution in [2.75, 3.05) is 6.54 Å². The van der Waals surface area contributed by atoms with E-state index in [0.717, 1.165) is 6.54 Å². The van der Waals surface area contributed by atoms with Gasteiger partial charge in [0, 0.05) is 23.7 Å². The Balaban J connectivity index is 2.28. The Kier molecular flexibility index (Phi) is 6.14. The van der Waals surface area contributed by atoms with Gasteiger partial charge in [0.1, 0.15) is 0 Å². The van der Waals surface area contributed by atoms with Crippen LogP contribution in [0.1, 0.15) is 64.3 Å². The first-order valence-electron chi connectivity index (χ1n) is 6.67. The molecular weight excluding hydrogens is 228 g/mol. The lowest BCUT2D eigenvalue weighted by atomic mass is 9.86. The third-order valence-corrected chi connectivity index (χ3v) is 4.18. The SMILES string of the molecule is CCCCCC(C)(C)CNC(C)c1cncs1. The van der Waals surface area contributed by atoms with E-state index in [0.29, 0.717) is 11.5 Å². The first-order valence-corrected chi connectivity index (χ1v) is 7.55. The van der Waals surface area contributed by atoms with Gasteiger partial charge in [-0.25, -0.2) is 0 Å². The maximum atomic E-state index is 4.13. The summed E-state index contributed by atoms with van der Waals surface area (Å²) >= 11 is 1.73. The number of hydrogen-bond donors (Lipinski definition) is 1. The Labute approximate surface area is 110 Å². The van der Waals surface area contributed by atoms with Crippen LogP contribution in [0.25, 0.3) is 0 Å². The number of nitrogens with zero attached hydrogens (tertiary/aromatic N) is 1. The van der Waals surface area contributed by atoms with E-state index in [1.54, 1.807) is 11.3 Å². The molecule has 1 rings (SSSR count). The minimum Gasteiger partial charge on any atom is -0.309 e. The quantitative estimate of drug-likeness (QED) is 0.695. The highest BCUT2D eigenvalue weighted by atomic mass is 32.1. The molecule has 0 spiro atoms. The van der Waals surface area contributed by atoms with Gasteiger partial charge < -0.3 is 5.32 Å². The topological polar surface area (TPSA) is 24.9 Å². The number of unbranched alkanes of at least 4 members (excludes halogenated alkanes) is 2. The zero-order chi connectivity index (χ0) is 12.7. The smallest absolute Gasteiger partial charge is 0.0794 e. The summed E-state index contributed by atoms with van der Waals surface area (Å²) in [5.41, 5.74) is 2.30. The molecule has 0 aromatic carbocycles. The Morgan fingerprint density at radius 1 is 1.41 bits per heavy atom. The first-order chi connectivity index (χ1) is 8.05. The standard InChI is InChI=1S/C14H26N2S/c1-5-6-7-8-14(3,4)10-16-12(2)13-9-15-11-17-13/h9,11-12,16H,5-8,10H2,1-4H3. The minimum absolute atomic E-state index is 0.397. The van der Waals surface area contributed by atoms with Gasteiger partial charge in [-0.05, 0) is 18.8 Å². The van der Waals surface area contributed by atoms with Crippen LogP contribution >= 0.6 is 11.3 Å². The van der Waals surface area contributed by atoms with E-state index in [4.69, 9.17) is 0 Å². The summed E-state index contributed by atoms with van der Waals surface area (Å²) in [5.74, 6) is 0. The van der Waals surface area contributed by atoms with Crippen molar-refractivity contribution >= 4 is 11.3 Å². The average Bonchev–Trinajstić information content (AvgIpc) is 2.80. The largest absolute Gasteiger partial charge is 0.309 e. The second-order valence-electron chi connectivity index (χ2n) is 5.63. The average molecular weight is 254 g/mol. The van der Waals surface area contributed by atoms with Gasteiger partial charge in [0.15, 0.2) is 0 Å². The normalized spacial score (nSPS) is 13.9. The van der Waals surface area contributed by atoms with Gasteiger partial charge in [-0.15, -0.1) is 11.3 Å². The summed E-state index contributed by atoms with van der Waals surface area (Å²) in [6.07, 6.45) is 7.28. The molecule has 1 N–H and O–H groups in total. The van der Waals surface area contributed by atoms with Crippen LogP contribution in [0, 0.1) is 5.41 Å². The lowest BCUT2D eigenvalue weighted by Gasteiger charge is -2.27. The van der Waals surface area contributed by atoms with Gasteiger partial charge in [-0.2, -0.15) is 0 Å². The Hall–Kier alpha value is -0.410. The van der Waals surface area contributed by atoms with Crippen molar-refractivity contribution in [1.29, 1.82) is 0 Å². The fraction of sp³-hybridized carbons (Fsp3) is 0.786. The molecular formula is C14H26N2S. The molecule has 98 valence electrons. The molecule has 0 amide bonds. The number of aromatic nitrogens is 1. The molecule has 0 bridgehead atoms. The molecule has 1 unspecified atom stereocenters. The van der Waals surface area contributed by atoms with Crippen molar-refractivity contribution in [3.8, 4) is 0 Å². The molecule has 0 saturated carbocycles. The van der Waals surface area contributed by atoms with Crippen LogP contribution in [0.15, 0.2) is 11.7 Å². The molecule has 1 aromatic rings. The minimum atomic E-state index is 0.397. The molecule has 0 aliphatic carbocycles. The monoisotopic (exact) mass is 254 g/mol. The van der Waals surface area contributed by atoms with E-state index in [-0.39, 0.29) is 0 Å². The summed E-state index contributed by atoms with van der Waals surface area (Å²) < 4.78 is 0. The Morgan fingerprint density at radius 2 is 2.18 bits per heavy atom. The summed E-state index contributed by atoms with van der Waals surface area (Å²) in [4.78, 5) is 5.45. The first kappa shape index (κ1) is 14.7. The lowest BCUT2D eigenvalue weighted by Crippen LogP contribution is -2.31. The zero-order valence-corrected chi connectivity index (χ0v) is 12.4. The molecule has 3 heteroatoms. The maximum absolute atomic E-state index is 4.13. The van der Waals surface area contributed by atoms with Crippen LogP contribution in [-0.2, 0) is 0 Å². The number of hydrogen-bond acceptors (Lipinski definition) is 3. The molecule has 0 aliphatic rings. The van der Waals surface area contributed by atoms with Gasteiger partial charge in [0.2, 0.25) is 0 Å². The van der Waals surface area contributed by atoms with Crippen molar-refractivity contribution in [2.45, 2.75) is 59.4 Å². The predicted molar refractivity (Wildman–Crippen MR) is 76.5 cm³/mol. The van der Waals surface area contributed by atoms with E-state index in [1.807, 2.05) is 11.7 Å². The summed E-state index contributed by atoms with van der Waals surface area (Å²) in [6.45, 7) is 10.3. The van der Waals surface area contributed by atoms with E-state index in [9.17, 15) is 0 Å². The van der Waals surface area contributed by atoms with Crippen molar-refractivity contribution in [3.63, 3.8) is 0 Å². The maximum Gasteiger partial charge on any atom is 0.0794 e. The van der Waals surface area contributed by atoms with E-state index in [1.165, 1.54) is 30.6 Å². The molecule has 0 radical (unpaired) electrons. The Bertz CT molecular complexity index is 293. The molecule has 1 heterocycles. The van der Waals surface area contributed by atoms with Gasteiger partial charge >= 0.3 is 0 Å². The fourth-order valence-corrected chi connectivity index (χ4v) is 2.56. The van der Waals surface area contributed by atoms with Crippen LogP contribution in [0.2, 0.25) is 0 Å². The second-order valence-corrected chi connectivity index (χ2v) is 6.55. The molecule has 1 atom stereocenters. The van der Waals surface area contributed by atoms with Crippen molar-refractivity contribution < 1.29 is 0 Å². The second kappa shape index (κ2) is 7.12. The summed E-state index contributed by atoms with van der Waals surface area (Å²) in [6, 6.07) is 0.424. The molecule has 17 heavy (non-hydrogen) atoms. The van der Waals surface area contributed by atoms with Crippen LogP contribution in [-0.4, -0.2) is 11.5 Å². The third-order valence-electron chi connectivity index (χ3n) is 3.22. The van der Waals surface area contributed by atoms with Gasteiger partial charge in [0.05, 0.1) is 5.51 Å². The molecule has 0 aliphatic heterocycles. The number of rotatable bonds is 8. The van der Waals surface area contributed by atoms with Gasteiger partial charge in [-0.3, -0.25) is 4.98 Å². The van der Waals surface area contributed by atoms with Crippen LogP contribution < -0.4 is 5.32 Å². The van der Waals surface area contributed by atoms with E-state index < -0.39 is 0 Å². The summed E-state index contributed by atoms with van der Waals surface area (Å²) in [7, 11) is 0. The van der Waals surface area contributed by atoms with Crippen molar-refractivity contribution in [3.05, 3.63) is 16.6 Å². The molecule has 0 fully saturated rings. The number of thiazole rings is 1. The third kappa shape index (κ3) is 5.64. The van der Waals surface area contributed by atoms with Gasteiger partial charge in [-0.1, -0.05) is 40.0 Å². The van der Waals surface area contributed by atoms with Crippen molar-refractivity contribution in [2.24, 2.45) is 5.41 Å². The molecule has 0 saturated heterocycles. The highest BCUT2D eigenvalue weighted by molar-refractivity contribution is 7.09. The van der Waals surface area contributed by atoms with Crippen molar-refractivity contribution in [1.82, 2.24) is 10.3 Å². The molecule has 2 nitrogen and oxygen atoms in total. The fourth-order valence-electron chi connectivity index (χ4n) is 1.91. The lowest BCUT2D eigenvalue weighted by molar-refractivity contribution is 0.291. The van der Waals surface area contributed by atoms with E-state index in [2.05, 4.69) is 38.0 Å². The van der Waals surface area contributed by atoms with Gasteiger partial charge in [0.25, 0.3) is 0 Å². The van der Waals surface area contributed by atoms with Crippen LogP contribution in [0.4, 0.5) is 0 Å². The van der Waals surface area contributed by atoms with E-state index >= 15 is 0 Å².